The van der Waals surface area contributed by atoms with E-state index >= 15 is 0 Å². The quantitative estimate of drug-likeness (QED) is 0.405. The molecule has 43 heavy (non-hydrogen) atoms. The summed E-state index contributed by atoms with van der Waals surface area (Å²) < 4.78 is 5.51. The molecule has 7 rings (SSSR count). The molecule has 2 aromatic heterocycles. The van der Waals surface area contributed by atoms with Crippen molar-refractivity contribution in [3.8, 4) is 5.88 Å². The van der Waals surface area contributed by atoms with Gasteiger partial charge in [0, 0.05) is 62.9 Å². The second kappa shape index (κ2) is 10.9. The third-order valence-corrected chi connectivity index (χ3v) is 9.35. The summed E-state index contributed by atoms with van der Waals surface area (Å²) in [4.78, 5) is 53.3. The van der Waals surface area contributed by atoms with Crippen molar-refractivity contribution in [1.82, 2.24) is 20.2 Å². The van der Waals surface area contributed by atoms with Crippen molar-refractivity contribution in [2.45, 2.75) is 50.2 Å². The van der Waals surface area contributed by atoms with Gasteiger partial charge in [0.05, 0.1) is 28.4 Å². The molecule has 10 heteroatoms. The lowest BCUT2D eigenvalue weighted by atomic mass is 9.80. The van der Waals surface area contributed by atoms with Crippen molar-refractivity contribution >= 4 is 35.1 Å². The third-order valence-electron chi connectivity index (χ3n) is 9.35. The average Bonchev–Trinajstić information content (AvgIpc) is 3.06. The van der Waals surface area contributed by atoms with E-state index < -0.39 is 5.97 Å². The lowest BCUT2D eigenvalue weighted by Gasteiger charge is -2.55. The highest BCUT2D eigenvalue weighted by atomic mass is 16.5. The molecule has 2 unspecified atom stereocenters. The number of anilines is 2. The number of pyridine rings is 2. The molecular formula is C33H34N6O4. The van der Waals surface area contributed by atoms with E-state index in [2.05, 4.69) is 49.5 Å². The maximum Gasteiger partial charge on any atom is 0.345 e. The van der Waals surface area contributed by atoms with Crippen LogP contribution in [0.5, 0.6) is 5.88 Å². The Labute approximate surface area is 250 Å². The van der Waals surface area contributed by atoms with Crippen LogP contribution in [0.2, 0.25) is 0 Å². The molecule has 3 aliphatic heterocycles. The van der Waals surface area contributed by atoms with Gasteiger partial charge in [0.2, 0.25) is 5.88 Å². The number of aromatic nitrogens is 2. The first-order valence-corrected chi connectivity index (χ1v) is 15.0. The Morgan fingerprint density at radius 1 is 1.07 bits per heavy atom. The number of ketones is 1. The highest BCUT2D eigenvalue weighted by molar-refractivity contribution is 6.06. The fraction of sp³-hybridized carbons (Fsp3) is 0.364. The number of ether oxygens (including phenoxy) is 1. The van der Waals surface area contributed by atoms with Crippen LogP contribution in [0.25, 0.3) is 6.08 Å². The Hall–Kier alpha value is -4.57. The highest BCUT2D eigenvalue weighted by Gasteiger charge is 2.45. The SMILES string of the molecule is CCC1=Cc2ncc3cc2NC1C(=O)C3CN1CCN(c2ccc(C(=O)NC)c(C(=O)Oc3ccccn3)c2)[C@H]2CC[C@H]21. The summed E-state index contributed by atoms with van der Waals surface area (Å²) in [5, 5.41) is 6.06. The number of hydrogen-bond acceptors (Lipinski definition) is 9. The first kappa shape index (κ1) is 27.3. The van der Waals surface area contributed by atoms with Gasteiger partial charge in [0.1, 0.15) is 6.04 Å². The molecule has 3 aromatic rings. The minimum absolute atomic E-state index is 0.174. The van der Waals surface area contributed by atoms with E-state index in [1.807, 2.05) is 12.3 Å². The Morgan fingerprint density at radius 3 is 2.67 bits per heavy atom. The van der Waals surface area contributed by atoms with Gasteiger partial charge in [-0.15, -0.1) is 0 Å². The Morgan fingerprint density at radius 2 is 1.93 bits per heavy atom. The van der Waals surface area contributed by atoms with Crippen molar-refractivity contribution < 1.29 is 19.1 Å². The largest absolute Gasteiger partial charge is 0.404 e. The van der Waals surface area contributed by atoms with Crippen molar-refractivity contribution in [2.24, 2.45) is 0 Å². The maximum absolute atomic E-state index is 13.9. The van der Waals surface area contributed by atoms with E-state index in [1.165, 1.54) is 7.05 Å². The maximum atomic E-state index is 13.9. The van der Waals surface area contributed by atoms with Gasteiger partial charge in [-0.3, -0.25) is 19.5 Å². The van der Waals surface area contributed by atoms with Crippen molar-refractivity contribution in [2.75, 3.05) is 36.9 Å². The number of carbonyl (C=O) groups excluding carboxylic acids is 3. The van der Waals surface area contributed by atoms with Crippen molar-refractivity contribution in [1.29, 1.82) is 0 Å². The summed E-state index contributed by atoms with van der Waals surface area (Å²) in [6, 6.07) is 12.8. The molecule has 2 N–H and O–H groups in total. The standard InChI is InChI=1S/C33H34N6O4/c1-3-19-14-25-26-15-20(17-36-25)24(31(40)30(19)37-26)18-38-12-13-39(28-10-9-27(28)38)21-7-8-22(32(41)34-2)23(16-21)33(42)43-29-6-4-5-11-35-29/h4-8,11,14-17,24,27-28,30,37H,3,9-10,12-13,18H2,1-2H3,(H,34,41)/t24?,27-,28+,30?/m1/s1. The first-order valence-electron chi connectivity index (χ1n) is 15.0. The number of nitrogens with one attached hydrogen (secondary N) is 2. The number of benzene rings is 1. The minimum atomic E-state index is -0.630. The van der Waals surface area contributed by atoms with Crippen LogP contribution in [-0.2, 0) is 4.79 Å². The fourth-order valence-corrected chi connectivity index (χ4v) is 6.91. The molecule has 220 valence electrons. The van der Waals surface area contributed by atoms with Crippen LogP contribution in [-0.4, -0.2) is 77.3 Å². The van der Waals surface area contributed by atoms with Crippen LogP contribution in [0.1, 0.15) is 64.1 Å². The predicted molar refractivity (Wildman–Crippen MR) is 162 cm³/mol. The lowest BCUT2D eigenvalue weighted by molar-refractivity contribution is -0.121. The van der Waals surface area contributed by atoms with Gasteiger partial charge in [-0.25, -0.2) is 9.78 Å². The van der Waals surface area contributed by atoms with Gasteiger partial charge in [-0.2, -0.15) is 0 Å². The number of carbonyl (C=O) groups is 3. The highest BCUT2D eigenvalue weighted by Crippen LogP contribution is 2.41. The molecule has 10 nitrogen and oxygen atoms in total. The molecule has 1 aliphatic carbocycles. The number of amides is 1. The van der Waals surface area contributed by atoms with Crippen LogP contribution < -0.4 is 20.3 Å². The van der Waals surface area contributed by atoms with E-state index in [9.17, 15) is 14.4 Å². The molecule has 1 saturated heterocycles. The molecule has 2 fully saturated rings. The fourth-order valence-electron chi connectivity index (χ4n) is 6.91. The number of rotatable bonds is 7. The number of fused-ring (bicyclic) bond motifs is 3. The number of nitrogens with zero attached hydrogens (tertiary/aromatic N) is 4. The van der Waals surface area contributed by atoms with Crippen LogP contribution in [0, 0.1) is 0 Å². The molecule has 3 bridgehead atoms. The van der Waals surface area contributed by atoms with Crippen LogP contribution in [0.4, 0.5) is 11.4 Å². The zero-order valence-electron chi connectivity index (χ0n) is 24.2. The van der Waals surface area contributed by atoms with Crippen LogP contribution >= 0.6 is 0 Å². The summed E-state index contributed by atoms with van der Waals surface area (Å²) in [5.74, 6) is -0.855. The molecule has 4 aliphatic rings. The van der Waals surface area contributed by atoms with Gasteiger partial charge in [-0.05, 0) is 66.8 Å². The van der Waals surface area contributed by atoms with E-state index in [0.717, 1.165) is 60.6 Å². The minimum Gasteiger partial charge on any atom is -0.404 e. The predicted octanol–water partition coefficient (Wildman–Crippen LogP) is 3.66. The zero-order valence-corrected chi connectivity index (χ0v) is 24.2. The van der Waals surface area contributed by atoms with E-state index in [1.54, 1.807) is 36.5 Å². The summed E-state index contributed by atoms with van der Waals surface area (Å²) in [5.41, 5.74) is 5.24. The molecular weight excluding hydrogens is 544 g/mol. The summed E-state index contributed by atoms with van der Waals surface area (Å²) >= 11 is 0. The molecule has 0 spiro atoms. The zero-order chi connectivity index (χ0) is 29.7. The monoisotopic (exact) mass is 578 g/mol. The Kier molecular flexibility index (Phi) is 6.93. The summed E-state index contributed by atoms with van der Waals surface area (Å²) in [7, 11) is 1.54. The van der Waals surface area contributed by atoms with Crippen LogP contribution in [0.15, 0.2) is 60.4 Å². The second-order valence-electron chi connectivity index (χ2n) is 11.6. The van der Waals surface area contributed by atoms with E-state index in [4.69, 9.17) is 4.74 Å². The Balaban J connectivity index is 1.12. The molecule has 0 radical (unpaired) electrons. The molecule has 4 atom stereocenters. The molecule has 1 amide bonds. The smallest absolute Gasteiger partial charge is 0.345 e. The summed E-state index contributed by atoms with van der Waals surface area (Å²) in [6.07, 6.45) is 8.34. The lowest BCUT2D eigenvalue weighted by Crippen LogP contribution is -2.65. The number of esters is 1. The van der Waals surface area contributed by atoms with Crippen LogP contribution in [0.3, 0.4) is 0 Å². The molecule has 1 aromatic carbocycles. The topological polar surface area (TPSA) is 117 Å². The van der Waals surface area contributed by atoms with E-state index in [-0.39, 0.29) is 52.7 Å². The average molecular weight is 579 g/mol. The third kappa shape index (κ3) is 4.75. The summed E-state index contributed by atoms with van der Waals surface area (Å²) in [6.45, 7) is 4.26. The van der Waals surface area contributed by atoms with E-state index in [0.29, 0.717) is 6.54 Å². The van der Waals surface area contributed by atoms with Gasteiger partial charge < -0.3 is 20.3 Å². The second-order valence-corrected chi connectivity index (χ2v) is 11.6. The van der Waals surface area contributed by atoms with Crippen molar-refractivity contribution in [3.63, 3.8) is 0 Å². The van der Waals surface area contributed by atoms with Gasteiger partial charge in [-0.1, -0.05) is 13.0 Å². The van der Waals surface area contributed by atoms with Crippen molar-refractivity contribution in [3.05, 3.63) is 82.8 Å². The van der Waals surface area contributed by atoms with Gasteiger partial charge in [0.15, 0.2) is 5.78 Å². The number of Topliss-reactive ketones (excluding diaryl/α,β-unsaturated/α-hetero) is 1. The normalized spacial score (nSPS) is 23.8. The number of piperazine rings is 1. The first-order chi connectivity index (χ1) is 20.9. The number of hydrogen-bond donors (Lipinski definition) is 2. The molecule has 5 heterocycles. The molecule has 1 saturated carbocycles. The van der Waals surface area contributed by atoms with Gasteiger partial charge in [0.25, 0.3) is 5.91 Å². The van der Waals surface area contributed by atoms with Gasteiger partial charge >= 0.3 is 5.97 Å². The Bertz CT molecular complexity index is 1640.